The topological polar surface area (TPSA) is 95.9 Å². The average Bonchev–Trinajstić information content (AvgIpc) is 3.74. The van der Waals surface area contributed by atoms with Gasteiger partial charge in [0.15, 0.2) is 5.82 Å². The molecule has 2 bridgehead atoms. The van der Waals surface area contributed by atoms with Crippen LogP contribution in [0.2, 0.25) is 0 Å². The van der Waals surface area contributed by atoms with Crippen LogP contribution >= 0.6 is 0 Å². The van der Waals surface area contributed by atoms with E-state index in [4.69, 9.17) is 20.9 Å². The number of ether oxygens (including phenoxy) is 2. The average molecular weight is 683 g/mol. The molecular weight excluding hydrogens is 645 g/mol. The highest BCUT2D eigenvalue weighted by molar-refractivity contribution is 6.04. The first kappa shape index (κ1) is 31.4. The Labute approximate surface area is 287 Å². The van der Waals surface area contributed by atoms with E-state index in [1.54, 1.807) is 0 Å². The number of halogens is 3. The second-order valence-corrected chi connectivity index (χ2v) is 14.7. The van der Waals surface area contributed by atoms with E-state index in [0.717, 1.165) is 37.8 Å². The van der Waals surface area contributed by atoms with Gasteiger partial charge < -0.3 is 24.8 Å². The largest absolute Gasteiger partial charge is 0.508 e. The van der Waals surface area contributed by atoms with Gasteiger partial charge in [-0.2, -0.15) is 9.97 Å². The fraction of sp³-hybridized carbons (Fsp3) is 0.447. The summed E-state index contributed by atoms with van der Waals surface area (Å²) in [7, 11) is 1.45. The second kappa shape index (κ2) is 11.5. The predicted molar refractivity (Wildman–Crippen MR) is 183 cm³/mol. The molecule has 5 fully saturated rings. The monoisotopic (exact) mass is 682 g/mol. The van der Waals surface area contributed by atoms with E-state index in [9.17, 15) is 9.50 Å². The molecule has 0 unspecified atom stereocenters. The van der Waals surface area contributed by atoms with Crippen molar-refractivity contribution in [2.45, 2.75) is 62.1 Å². The standard InChI is InChI=1S/C38H37F3N6O3/c1-3-26-28(40)8-5-22-13-25(48)14-27(29(22)26)32-31(41)33-30(35(42-32)49-2)34(46-18-24-9-11-38(19-46,45-24)23-6-7-23)44-36(43-33)50-20-37-10-4-12-47(37)17-21(15-37)16-39/h1,5,8,13-14,16,23-24,45,48H,4,6-7,9-12,15,17-20H2,2H3/b21-16-/t24-,37-,38+/m0/s1. The smallest absolute Gasteiger partial charge is 0.319 e. The van der Waals surface area contributed by atoms with Crippen molar-refractivity contribution in [3.8, 4) is 41.2 Å². The van der Waals surface area contributed by atoms with Crippen molar-refractivity contribution in [1.29, 1.82) is 0 Å². The molecule has 50 heavy (non-hydrogen) atoms. The maximum Gasteiger partial charge on any atom is 0.319 e. The van der Waals surface area contributed by atoms with Crippen LogP contribution in [-0.2, 0) is 0 Å². The van der Waals surface area contributed by atoms with Gasteiger partial charge in [0.1, 0.15) is 40.6 Å². The number of nitrogens with one attached hydrogen (secondary N) is 1. The van der Waals surface area contributed by atoms with E-state index in [2.05, 4.69) is 31.0 Å². The van der Waals surface area contributed by atoms with Crippen LogP contribution in [0.1, 0.15) is 50.5 Å². The van der Waals surface area contributed by atoms with E-state index in [-0.39, 0.29) is 63.6 Å². The molecule has 2 N–H and O–H groups in total. The van der Waals surface area contributed by atoms with E-state index in [1.807, 2.05) is 0 Å². The van der Waals surface area contributed by atoms with Crippen molar-refractivity contribution < 1.29 is 27.8 Å². The molecule has 258 valence electrons. The van der Waals surface area contributed by atoms with Crippen LogP contribution in [0.5, 0.6) is 17.6 Å². The molecular formula is C38H37F3N6O3. The van der Waals surface area contributed by atoms with Crippen LogP contribution in [0.25, 0.3) is 32.9 Å². The van der Waals surface area contributed by atoms with Gasteiger partial charge in [0, 0.05) is 42.2 Å². The Kier molecular flexibility index (Phi) is 7.20. The predicted octanol–water partition coefficient (Wildman–Crippen LogP) is 6.01. The molecule has 2 aromatic carbocycles. The number of phenolic OH excluding ortho intramolecular Hbond substituents is 1. The molecule has 12 heteroatoms. The van der Waals surface area contributed by atoms with Crippen LogP contribution in [0.15, 0.2) is 36.2 Å². The summed E-state index contributed by atoms with van der Waals surface area (Å²) in [6.07, 6.45) is 13.2. The molecule has 5 aliphatic rings. The van der Waals surface area contributed by atoms with Crippen molar-refractivity contribution in [2.24, 2.45) is 5.92 Å². The lowest BCUT2D eigenvalue weighted by atomic mass is 9.90. The molecule has 4 aromatic rings. The quantitative estimate of drug-likeness (QED) is 0.227. The first-order valence-electron chi connectivity index (χ1n) is 17.3. The molecule has 0 amide bonds. The maximum absolute atomic E-state index is 17.2. The lowest BCUT2D eigenvalue weighted by Crippen LogP contribution is -2.61. The summed E-state index contributed by atoms with van der Waals surface area (Å²) >= 11 is 0. The third-order valence-electron chi connectivity index (χ3n) is 11.7. The minimum Gasteiger partial charge on any atom is -0.508 e. The molecule has 4 saturated heterocycles. The van der Waals surface area contributed by atoms with Crippen LogP contribution < -0.4 is 19.7 Å². The normalized spacial score (nSPS) is 27.0. The Bertz CT molecular complexity index is 2150. The van der Waals surface area contributed by atoms with Gasteiger partial charge in [0.2, 0.25) is 5.88 Å². The van der Waals surface area contributed by atoms with Crippen molar-refractivity contribution >= 4 is 27.5 Å². The van der Waals surface area contributed by atoms with E-state index in [1.165, 1.54) is 44.2 Å². The summed E-state index contributed by atoms with van der Waals surface area (Å²) in [6.45, 7) is 2.93. The molecule has 0 radical (unpaired) electrons. The van der Waals surface area contributed by atoms with Crippen LogP contribution in [0.4, 0.5) is 19.0 Å². The highest BCUT2D eigenvalue weighted by Gasteiger charge is 2.53. The van der Waals surface area contributed by atoms with Gasteiger partial charge in [-0.05, 0) is 86.6 Å². The number of anilines is 1. The number of rotatable bonds is 7. The first-order valence-corrected chi connectivity index (χ1v) is 17.3. The Morgan fingerprint density at radius 2 is 2.00 bits per heavy atom. The highest BCUT2D eigenvalue weighted by Crippen LogP contribution is 2.50. The van der Waals surface area contributed by atoms with E-state index < -0.39 is 17.2 Å². The number of phenols is 1. The van der Waals surface area contributed by atoms with Crippen molar-refractivity contribution in [3.05, 3.63) is 53.4 Å². The van der Waals surface area contributed by atoms with Crippen molar-refractivity contribution in [1.82, 2.24) is 25.2 Å². The van der Waals surface area contributed by atoms with Crippen molar-refractivity contribution in [3.63, 3.8) is 0 Å². The molecule has 1 aliphatic carbocycles. The molecule has 9 nitrogen and oxygen atoms in total. The number of aromatic hydroxyl groups is 1. The lowest BCUT2D eigenvalue weighted by molar-refractivity contribution is 0.108. The molecule has 9 rings (SSSR count). The third-order valence-corrected chi connectivity index (χ3v) is 11.7. The maximum atomic E-state index is 17.2. The first-order chi connectivity index (χ1) is 24.2. The van der Waals surface area contributed by atoms with Gasteiger partial charge in [-0.1, -0.05) is 12.0 Å². The number of fused-ring (bicyclic) bond motifs is 5. The van der Waals surface area contributed by atoms with Crippen LogP contribution in [-0.4, -0.2) is 82.0 Å². The molecule has 3 atom stereocenters. The zero-order chi connectivity index (χ0) is 34.4. The number of nitrogens with zero attached hydrogens (tertiary/aromatic N) is 5. The fourth-order valence-electron chi connectivity index (χ4n) is 9.29. The number of terminal acetylenes is 1. The van der Waals surface area contributed by atoms with Gasteiger partial charge in [-0.25, -0.2) is 18.2 Å². The fourth-order valence-corrected chi connectivity index (χ4v) is 9.29. The SMILES string of the molecule is C#Cc1c(F)ccc2cc(O)cc(-c3nc(OC)c4c(N5C[C@@H]6CC[C@](C7CC7)(C5)N6)nc(OC[C@@]56CCCN5C/C(=C\F)C6)nc4c3F)c12. The Morgan fingerprint density at radius 1 is 1.14 bits per heavy atom. The number of piperazine rings is 1. The third kappa shape index (κ3) is 4.81. The zero-order valence-corrected chi connectivity index (χ0v) is 27.7. The molecule has 4 aliphatic heterocycles. The lowest BCUT2D eigenvalue weighted by Gasteiger charge is -2.42. The van der Waals surface area contributed by atoms with Gasteiger partial charge in [-0.15, -0.1) is 6.42 Å². The van der Waals surface area contributed by atoms with Crippen molar-refractivity contribution in [2.75, 3.05) is 44.8 Å². The number of pyridine rings is 1. The Balaban J connectivity index is 1.23. The van der Waals surface area contributed by atoms with E-state index >= 15 is 8.78 Å². The Morgan fingerprint density at radius 3 is 2.78 bits per heavy atom. The number of methoxy groups -OCH3 is 1. The second-order valence-electron chi connectivity index (χ2n) is 14.7. The number of hydrogen-bond acceptors (Lipinski definition) is 9. The molecule has 2 aromatic heterocycles. The minimum absolute atomic E-state index is 0.00742. The molecule has 1 saturated carbocycles. The summed E-state index contributed by atoms with van der Waals surface area (Å²) in [6, 6.07) is 5.68. The number of hydrogen-bond donors (Lipinski definition) is 2. The van der Waals surface area contributed by atoms with Gasteiger partial charge in [0.05, 0.1) is 24.5 Å². The van der Waals surface area contributed by atoms with Gasteiger partial charge >= 0.3 is 6.01 Å². The zero-order valence-electron chi connectivity index (χ0n) is 27.7. The number of benzene rings is 2. The number of aromatic nitrogens is 3. The summed E-state index contributed by atoms with van der Waals surface area (Å²) in [5.41, 5.74) is 0.00226. The minimum atomic E-state index is -0.812. The molecule has 6 heterocycles. The summed E-state index contributed by atoms with van der Waals surface area (Å²) < 4.78 is 58.2. The van der Waals surface area contributed by atoms with Crippen LogP contribution in [0.3, 0.4) is 0 Å². The van der Waals surface area contributed by atoms with Gasteiger partial charge in [0.25, 0.3) is 0 Å². The van der Waals surface area contributed by atoms with Crippen LogP contribution in [0, 0.1) is 29.9 Å². The Hall–Kier alpha value is -4.60. The summed E-state index contributed by atoms with van der Waals surface area (Å²) in [4.78, 5) is 18.7. The summed E-state index contributed by atoms with van der Waals surface area (Å²) in [5, 5.41) is 15.5. The van der Waals surface area contributed by atoms with Gasteiger partial charge in [-0.3, -0.25) is 4.90 Å². The van der Waals surface area contributed by atoms with E-state index in [0.29, 0.717) is 54.9 Å². The highest BCUT2D eigenvalue weighted by atomic mass is 19.1. The molecule has 0 spiro atoms. The summed E-state index contributed by atoms with van der Waals surface area (Å²) in [5.74, 6) is 1.86.